The molecule has 0 aromatic heterocycles. The van der Waals surface area contributed by atoms with Gasteiger partial charge in [-0.1, -0.05) is 33.8 Å². The number of aliphatic hydroxyl groups is 1. The van der Waals surface area contributed by atoms with Gasteiger partial charge in [0.25, 0.3) is 0 Å². The predicted octanol–water partition coefficient (Wildman–Crippen LogP) is 3.88. The first-order valence-electron chi connectivity index (χ1n) is 13.1. The van der Waals surface area contributed by atoms with Crippen LogP contribution in [0.25, 0.3) is 0 Å². The van der Waals surface area contributed by atoms with Gasteiger partial charge in [0, 0.05) is 58.4 Å². The molecule has 1 saturated heterocycles. The number of esters is 1. The van der Waals surface area contributed by atoms with Gasteiger partial charge in [0.15, 0.2) is 0 Å². The molecular formula is C27H46N2O4. The highest BCUT2D eigenvalue weighted by molar-refractivity contribution is 5.76. The highest BCUT2D eigenvalue weighted by Crippen LogP contribution is 2.51. The fraction of sp³-hybridized carbons (Fsp3) is 0.852. The number of carbonyl (C=O) groups is 2. The smallest absolute Gasteiger partial charge is 0.303 e. The topological polar surface area (TPSA) is 70.1 Å². The Morgan fingerprint density at radius 3 is 2.45 bits per heavy atom. The largest absolute Gasteiger partial charge is 0.458 e. The van der Waals surface area contributed by atoms with E-state index in [1.807, 2.05) is 11.8 Å². The van der Waals surface area contributed by atoms with Crippen LogP contribution in [-0.4, -0.2) is 71.2 Å². The van der Waals surface area contributed by atoms with E-state index in [2.05, 4.69) is 38.7 Å². The van der Waals surface area contributed by atoms with Crippen LogP contribution in [0.1, 0.15) is 73.6 Å². The van der Waals surface area contributed by atoms with Crippen LogP contribution in [0.4, 0.5) is 0 Å². The number of ether oxygens (including phenoxy) is 1. The van der Waals surface area contributed by atoms with E-state index in [4.69, 9.17) is 4.74 Å². The third-order valence-corrected chi connectivity index (χ3v) is 8.53. The third-order valence-electron chi connectivity index (χ3n) is 8.53. The molecule has 1 heterocycles. The number of hydrogen-bond donors (Lipinski definition) is 1. The molecule has 6 heteroatoms. The fourth-order valence-corrected chi connectivity index (χ4v) is 6.29. The van der Waals surface area contributed by atoms with Gasteiger partial charge in [-0.15, -0.1) is 0 Å². The molecule has 0 spiro atoms. The van der Waals surface area contributed by atoms with Gasteiger partial charge in [-0.2, -0.15) is 0 Å². The van der Waals surface area contributed by atoms with Crippen molar-refractivity contribution in [2.24, 2.45) is 29.6 Å². The van der Waals surface area contributed by atoms with Gasteiger partial charge in [-0.3, -0.25) is 14.5 Å². The normalized spacial score (nSPS) is 33.9. The Kier molecular flexibility index (Phi) is 8.66. The molecule has 1 unspecified atom stereocenters. The maximum absolute atomic E-state index is 12.5. The molecule has 1 amide bonds. The Hall–Kier alpha value is -1.40. The average molecular weight is 463 g/mol. The second kappa shape index (κ2) is 10.9. The SMILES string of the molecule is CC(=O)O[C@@H]1C[C@@]2(O)[C@H](C)CC[C@@H](C(C)CN3CCN(C(=O)CCC(C)C)CC3)[C@H]2C=C1C. The molecule has 2 aliphatic carbocycles. The first-order valence-corrected chi connectivity index (χ1v) is 13.1. The molecule has 6 atom stereocenters. The molecule has 3 aliphatic rings. The number of piperazine rings is 1. The highest BCUT2D eigenvalue weighted by Gasteiger charge is 2.52. The van der Waals surface area contributed by atoms with Crippen LogP contribution in [0.3, 0.4) is 0 Å². The summed E-state index contributed by atoms with van der Waals surface area (Å²) >= 11 is 0. The van der Waals surface area contributed by atoms with Gasteiger partial charge in [0.05, 0.1) is 5.60 Å². The van der Waals surface area contributed by atoms with Crippen molar-refractivity contribution in [1.82, 2.24) is 9.80 Å². The number of hydrogen-bond acceptors (Lipinski definition) is 5. The third kappa shape index (κ3) is 6.19. The summed E-state index contributed by atoms with van der Waals surface area (Å²) in [7, 11) is 0. The molecule has 1 aliphatic heterocycles. The summed E-state index contributed by atoms with van der Waals surface area (Å²) in [6, 6.07) is 0. The molecule has 1 N–H and O–H groups in total. The van der Waals surface area contributed by atoms with E-state index in [1.54, 1.807) is 0 Å². The summed E-state index contributed by atoms with van der Waals surface area (Å²) in [5, 5.41) is 11.8. The lowest BCUT2D eigenvalue weighted by Crippen LogP contribution is -2.56. The van der Waals surface area contributed by atoms with Crippen molar-refractivity contribution < 1.29 is 19.4 Å². The molecule has 6 nitrogen and oxygen atoms in total. The average Bonchev–Trinajstić information content (AvgIpc) is 2.74. The minimum absolute atomic E-state index is 0.0990. The van der Waals surface area contributed by atoms with E-state index < -0.39 is 5.60 Å². The predicted molar refractivity (Wildman–Crippen MR) is 131 cm³/mol. The Morgan fingerprint density at radius 2 is 1.85 bits per heavy atom. The lowest BCUT2D eigenvalue weighted by Gasteiger charge is -2.53. The number of amides is 1. The standard InChI is InChI=1S/C27H46N2O4/c1-18(2)7-10-26(31)29-13-11-28(12-14-29)17-20(4)23-9-8-21(5)27(32)16-25(33-22(6)30)19(3)15-24(23)27/h15,18,20-21,23-25,32H,7-14,16-17H2,1-6H3/t20?,21-,23+,24-,25-,27-/m1/s1. The molecule has 33 heavy (non-hydrogen) atoms. The molecule has 2 fully saturated rings. The van der Waals surface area contributed by atoms with Crippen molar-refractivity contribution in [1.29, 1.82) is 0 Å². The summed E-state index contributed by atoms with van der Waals surface area (Å²) in [5.74, 6) is 1.72. The van der Waals surface area contributed by atoms with Gasteiger partial charge in [0.1, 0.15) is 6.10 Å². The van der Waals surface area contributed by atoms with Gasteiger partial charge in [-0.25, -0.2) is 0 Å². The van der Waals surface area contributed by atoms with Crippen molar-refractivity contribution in [2.75, 3.05) is 32.7 Å². The lowest BCUT2D eigenvalue weighted by atomic mass is 9.57. The van der Waals surface area contributed by atoms with Crippen LogP contribution in [0.2, 0.25) is 0 Å². The molecule has 1 saturated carbocycles. The number of rotatable bonds is 7. The Labute approximate surface area is 200 Å². The van der Waals surface area contributed by atoms with Crippen molar-refractivity contribution >= 4 is 11.9 Å². The van der Waals surface area contributed by atoms with Gasteiger partial charge in [0.2, 0.25) is 5.91 Å². The van der Waals surface area contributed by atoms with Crippen molar-refractivity contribution in [3.8, 4) is 0 Å². The van der Waals surface area contributed by atoms with Crippen LogP contribution in [-0.2, 0) is 14.3 Å². The second-order valence-corrected chi connectivity index (χ2v) is 11.5. The van der Waals surface area contributed by atoms with Crippen molar-refractivity contribution in [3.05, 3.63) is 11.6 Å². The number of nitrogens with zero attached hydrogens (tertiary/aromatic N) is 2. The van der Waals surface area contributed by atoms with Crippen LogP contribution < -0.4 is 0 Å². The molecule has 188 valence electrons. The van der Waals surface area contributed by atoms with E-state index >= 15 is 0 Å². The minimum atomic E-state index is -0.821. The zero-order valence-corrected chi connectivity index (χ0v) is 21.7. The quantitative estimate of drug-likeness (QED) is 0.459. The number of fused-ring (bicyclic) bond motifs is 1. The summed E-state index contributed by atoms with van der Waals surface area (Å²) in [4.78, 5) is 28.6. The van der Waals surface area contributed by atoms with Crippen molar-refractivity contribution in [3.63, 3.8) is 0 Å². The van der Waals surface area contributed by atoms with Crippen LogP contribution in [0, 0.1) is 29.6 Å². The molecule has 3 rings (SSSR count). The number of carbonyl (C=O) groups excluding carboxylic acids is 2. The maximum Gasteiger partial charge on any atom is 0.303 e. The Bertz CT molecular complexity index is 728. The van der Waals surface area contributed by atoms with E-state index in [0.29, 0.717) is 36.5 Å². The zero-order chi connectivity index (χ0) is 24.3. The van der Waals surface area contributed by atoms with E-state index in [-0.39, 0.29) is 23.9 Å². The Balaban J connectivity index is 1.60. The van der Waals surface area contributed by atoms with Crippen molar-refractivity contribution in [2.45, 2.75) is 85.4 Å². The summed E-state index contributed by atoms with van der Waals surface area (Å²) in [5.41, 5.74) is 0.248. The lowest BCUT2D eigenvalue weighted by molar-refractivity contribution is -0.159. The molecule has 0 bridgehead atoms. The zero-order valence-electron chi connectivity index (χ0n) is 21.7. The van der Waals surface area contributed by atoms with Crippen LogP contribution in [0.5, 0.6) is 0 Å². The molecule has 0 radical (unpaired) electrons. The van der Waals surface area contributed by atoms with E-state index in [9.17, 15) is 14.7 Å². The highest BCUT2D eigenvalue weighted by atomic mass is 16.5. The van der Waals surface area contributed by atoms with Gasteiger partial charge in [-0.05, 0) is 55.4 Å². The second-order valence-electron chi connectivity index (χ2n) is 11.5. The summed E-state index contributed by atoms with van der Waals surface area (Å²) < 4.78 is 5.54. The molecule has 0 aromatic carbocycles. The molecule has 0 aromatic rings. The van der Waals surface area contributed by atoms with E-state index in [0.717, 1.165) is 57.6 Å². The van der Waals surface area contributed by atoms with Gasteiger partial charge < -0.3 is 14.7 Å². The van der Waals surface area contributed by atoms with Crippen LogP contribution in [0.15, 0.2) is 11.6 Å². The summed E-state index contributed by atoms with van der Waals surface area (Å²) in [6.45, 7) is 16.8. The van der Waals surface area contributed by atoms with Crippen LogP contribution >= 0.6 is 0 Å². The molecular weight excluding hydrogens is 416 g/mol. The minimum Gasteiger partial charge on any atom is -0.458 e. The van der Waals surface area contributed by atoms with Gasteiger partial charge >= 0.3 is 5.97 Å². The van der Waals surface area contributed by atoms with E-state index in [1.165, 1.54) is 6.92 Å². The fourth-order valence-electron chi connectivity index (χ4n) is 6.29. The maximum atomic E-state index is 12.5. The monoisotopic (exact) mass is 462 g/mol. The Morgan fingerprint density at radius 1 is 1.18 bits per heavy atom. The summed E-state index contributed by atoms with van der Waals surface area (Å²) in [6.07, 6.45) is 6.13. The first-order chi connectivity index (χ1) is 15.5. The first kappa shape index (κ1) is 26.2.